The Morgan fingerprint density at radius 3 is 2.35 bits per heavy atom. The normalized spacial score (nSPS) is 19.8. The molecule has 2 aromatic rings. The average molecular weight is 548 g/mol. The van der Waals surface area contributed by atoms with E-state index in [-0.39, 0.29) is 11.4 Å². The van der Waals surface area contributed by atoms with Gasteiger partial charge in [-0.15, -0.1) is 0 Å². The number of anilines is 1. The number of carbonyl (C=O) groups excluding carboxylic acids is 1. The number of piperidine rings is 2. The number of amides is 1. The van der Waals surface area contributed by atoms with Crippen molar-refractivity contribution in [2.24, 2.45) is 11.1 Å². The Kier molecular flexibility index (Phi) is 7.85. The van der Waals surface area contributed by atoms with Crippen molar-refractivity contribution in [3.05, 3.63) is 63.1 Å². The van der Waals surface area contributed by atoms with Gasteiger partial charge < -0.3 is 15.5 Å². The maximum Gasteiger partial charge on any atom is 0.257 e. The second kappa shape index (κ2) is 10.7. The van der Waals surface area contributed by atoms with Gasteiger partial charge in [-0.3, -0.25) is 9.69 Å². The Morgan fingerprint density at radius 1 is 1.12 bits per heavy atom. The highest BCUT2D eigenvalue weighted by Crippen LogP contribution is 2.35. The SMILES string of the molecule is CO/N=C(\c1ccc(Br)cc1)C1CCN(C2(C)CCN(C(=O)c3c(N)cccc3Cl)CC2)CC1. The van der Waals surface area contributed by atoms with Gasteiger partial charge in [-0.25, -0.2) is 0 Å². The quantitative estimate of drug-likeness (QED) is 0.307. The highest BCUT2D eigenvalue weighted by atomic mass is 79.9. The fourth-order valence-electron chi connectivity index (χ4n) is 5.21. The number of nitrogen functional groups attached to an aromatic ring is 1. The second-order valence-electron chi connectivity index (χ2n) is 9.42. The van der Waals surface area contributed by atoms with E-state index >= 15 is 0 Å². The summed E-state index contributed by atoms with van der Waals surface area (Å²) < 4.78 is 1.05. The number of nitrogens with two attached hydrogens (primary N) is 1. The van der Waals surface area contributed by atoms with Crippen LogP contribution < -0.4 is 5.73 Å². The molecule has 0 radical (unpaired) electrons. The van der Waals surface area contributed by atoms with Crippen LogP contribution in [0.4, 0.5) is 5.69 Å². The van der Waals surface area contributed by atoms with Crippen LogP contribution in [0.3, 0.4) is 0 Å². The molecular weight excluding hydrogens is 516 g/mol. The largest absolute Gasteiger partial charge is 0.399 e. The van der Waals surface area contributed by atoms with Crippen molar-refractivity contribution in [2.45, 2.75) is 38.1 Å². The third-order valence-corrected chi connectivity index (χ3v) is 8.21. The van der Waals surface area contributed by atoms with Crippen molar-refractivity contribution in [2.75, 3.05) is 39.0 Å². The number of hydrogen-bond donors (Lipinski definition) is 1. The molecule has 2 saturated heterocycles. The summed E-state index contributed by atoms with van der Waals surface area (Å²) in [6.45, 7) is 5.75. The van der Waals surface area contributed by atoms with Gasteiger partial charge in [0.25, 0.3) is 5.91 Å². The van der Waals surface area contributed by atoms with Crippen LogP contribution in [0.5, 0.6) is 0 Å². The molecule has 2 heterocycles. The van der Waals surface area contributed by atoms with E-state index in [9.17, 15) is 4.79 Å². The summed E-state index contributed by atoms with van der Waals surface area (Å²) in [5.74, 6) is 0.296. The first-order valence-corrected chi connectivity index (χ1v) is 12.9. The topological polar surface area (TPSA) is 71.2 Å². The lowest BCUT2D eigenvalue weighted by Crippen LogP contribution is -2.56. The highest BCUT2D eigenvalue weighted by Gasteiger charge is 2.39. The predicted octanol–water partition coefficient (Wildman–Crippen LogP) is 5.44. The molecule has 0 bridgehead atoms. The summed E-state index contributed by atoms with van der Waals surface area (Å²) in [7, 11) is 1.61. The van der Waals surface area contributed by atoms with Gasteiger partial charge in [0.1, 0.15) is 7.11 Å². The molecule has 0 unspecified atom stereocenters. The van der Waals surface area contributed by atoms with Crippen LogP contribution in [0.25, 0.3) is 0 Å². The van der Waals surface area contributed by atoms with Gasteiger partial charge in [0.15, 0.2) is 0 Å². The highest BCUT2D eigenvalue weighted by molar-refractivity contribution is 9.10. The standard InChI is InChI=1S/C26H32BrClN4O2/c1-26(12-16-31(17-13-26)25(33)23-21(28)4-3-5-22(23)29)32-14-10-19(11-15-32)24(30-34-2)18-6-8-20(27)9-7-18/h3-9,19H,10-17,29H2,1-2H3/b30-24+. The summed E-state index contributed by atoms with van der Waals surface area (Å²) >= 11 is 9.78. The summed E-state index contributed by atoms with van der Waals surface area (Å²) in [6, 6.07) is 13.5. The number of nitrogens with zero attached hydrogens (tertiary/aromatic N) is 3. The smallest absolute Gasteiger partial charge is 0.257 e. The minimum atomic E-state index is -0.0706. The van der Waals surface area contributed by atoms with E-state index in [1.165, 1.54) is 0 Å². The molecule has 0 saturated carbocycles. The minimum Gasteiger partial charge on any atom is -0.399 e. The third kappa shape index (κ3) is 5.26. The van der Waals surface area contributed by atoms with Gasteiger partial charge in [-0.1, -0.05) is 50.9 Å². The van der Waals surface area contributed by atoms with Crippen molar-refractivity contribution >= 4 is 44.8 Å². The van der Waals surface area contributed by atoms with Crippen LogP contribution in [-0.2, 0) is 4.84 Å². The van der Waals surface area contributed by atoms with Gasteiger partial charge in [0.2, 0.25) is 0 Å². The second-order valence-corrected chi connectivity index (χ2v) is 10.7. The summed E-state index contributed by atoms with van der Waals surface area (Å²) in [5.41, 5.74) is 9.12. The van der Waals surface area contributed by atoms with Crippen molar-refractivity contribution in [3.8, 4) is 0 Å². The molecule has 4 rings (SSSR count). The zero-order valence-corrected chi connectivity index (χ0v) is 22.1. The summed E-state index contributed by atoms with van der Waals surface area (Å²) in [5, 5.41) is 4.81. The number of carbonyl (C=O) groups is 1. The van der Waals surface area contributed by atoms with Gasteiger partial charge in [0.05, 0.1) is 16.3 Å². The van der Waals surface area contributed by atoms with E-state index in [0.29, 0.717) is 35.3 Å². The van der Waals surface area contributed by atoms with Crippen LogP contribution in [0.2, 0.25) is 5.02 Å². The summed E-state index contributed by atoms with van der Waals surface area (Å²) in [4.78, 5) is 22.8. The van der Waals surface area contributed by atoms with Crippen LogP contribution in [0.1, 0.15) is 48.5 Å². The Labute approximate surface area is 215 Å². The number of hydrogen-bond acceptors (Lipinski definition) is 5. The maximum absolute atomic E-state index is 13.1. The zero-order valence-electron chi connectivity index (χ0n) is 19.8. The first-order valence-electron chi connectivity index (χ1n) is 11.8. The lowest BCUT2D eigenvalue weighted by molar-refractivity contribution is 0.0163. The molecule has 6 nitrogen and oxygen atoms in total. The Bertz CT molecular complexity index is 1020. The predicted molar refractivity (Wildman–Crippen MR) is 141 cm³/mol. The molecule has 2 aliphatic rings. The molecule has 0 aliphatic carbocycles. The number of rotatable bonds is 5. The van der Waals surface area contributed by atoms with Crippen molar-refractivity contribution in [3.63, 3.8) is 0 Å². The fourth-order valence-corrected chi connectivity index (χ4v) is 5.73. The molecule has 2 aliphatic heterocycles. The van der Waals surface area contributed by atoms with Gasteiger partial charge in [0, 0.05) is 34.7 Å². The minimum absolute atomic E-state index is 0.0706. The molecule has 0 spiro atoms. The Morgan fingerprint density at radius 2 is 1.76 bits per heavy atom. The van der Waals surface area contributed by atoms with E-state index < -0.39 is 0 Å². The molecule has 34 heavy (non-hydrogen) atoms. The monoisotopic (exact) mass is 546 g/mol. The van der Waals surface area contributed by atoms with Gasteiger partial charge in [-0.2, -0.15) is 0 Å². The lowest BCUT2D eigenvalue weighted by Gasteiger charge is -2.49. The van der Waals surface area contributed by atoms with Gasteiger partial charge >= 0.3 is 0 Å². The first kappa shape index (κ1) is 25.0. The van der Waals surface area contributed by atoms with Gasteiger partial charge in [-0.05, 0) is 75.5 Å². The van der Waals surface area contributed by atoms with E-state index in [1.54, 1.807) is 25.3 Å². The molecule has 2 fully saturated rings. The molecule has 0 aromatic heterocycles. The van der Waals surface area contributed by atoms with Crippen molar-refractivity contribution in [1.29, 1.82) is 0 Å². The van der Waals surface area contributed by atoms with Crippen LogP contribution in [0.15, 0.2) is 52.1 Å². The molecule has 0 atom stereocenters. The number of oxime groups is 1. The van der Waals surface area contributed by atoms with Crippen molar-refractivity contribution < 1.29 is 9.63 Å². The van der Waals surface area contributed by atoms with E-state index in [4.69, 9.17) is 22.2 Å². The first-order chi connectivity index (χ1) is 16.3. The van der Waals surface area contributed by atoms with Crippen LogP contribution in [0, 0.1) is 5.92 Å². The molecule has 1 amide bonds. The molecule has 2 aromatic carbocycles. The molecular formula is C26H32BrClN4O2. The third-order valence-electron chi connectivity index (χ3n) is 7.36. The van der Waals surface area contributed by atoms with Crippen LogP contribution in [-0.4, -0.2) is 60.2 Å². The van der Waals surface area contributed by atoms with Crippen molar-refractivity contribution in [1.82, 2.24) is 9.80 Å². The van der Waals surface area contributed by atoms with E-state index in [1.807, 2.05) is 17.0 Å². The number of likely N-dealkylation sites (tertiary alicyclic amines) is 2. The summed E-state index contributed by atoms with van der Waals surface area (Å²) in [6.07, 6.45) is 3.93. The number of halogens is 2. The van der Waals surface area contributed by atoms with Crippen LogP contribution >= 0.6 is 27.5 Å². The lowest BCUT2D eigenvalue weighted by atomic mass is 9.82. The average Bonchev–Trinajstić information content (AvgIpc) is 2.84. The van der Waals surface area contributed by atoms with E-state index in [2.05, 4.69) is 45.0 Å². The maximum atomic E-state index is 13.1. The Balaban J connectivity index is 1.37. The molecule has 2 N–H and O–H groups in total. The molecule has 182 valence electrons. The molecule has 8 heteroatoms. The Hall–Kier alpha value is -2.09. The van der Waals surface area contributed by atoms with E-state index in [0.717, 1.165) is 54.5 Å². The number of benzene rings is 2. The zero-order chi connectivity index (χ0) is 24.3. The fraction of sp³-hybridized carbons (Fsp3) is 0.462.